The molecule has 1 atom stereocenters. The Labute approximate surface area is 115 Å². The molecule has 1 rings (SSSR count). The Morgan fingerprint density at radius 2 is 2.00 bits per heavy atom. The molecule has 0 saturated heterocycles. The number of carbonyl (C=O) groups is 1. The molecule has 0 aliphatic carbocycles. The van der Waals surface area contributed by atoms with Crippen LogP contribution in [0.4, 0.5) is 0 Å². The summed E-state index contributed by atoms with van der Waals surface area (Å²) in [6.45, 7) is 4.25. The van der Waals surface area contributed by atoms with Gasteiger partial charge in [-0.15, -0.1) is 0 Å². The summed E-state index contributed by atoms with van der Waals surface area (Å²) in [5.41, 5.74) is 6.70. The van der Waals surface area contributed by atoms with E-state index in [-0.39, 0.29) is 18.1 Å². The summed E-state index contributed by atoms with van der Waals surface area (Å²) in [4.78, 5) is 11.8. The lowest BCUT2D eigenvalue weighted by molar-refractivity contribution is -0.125. The van der Waals surface area contributed by atoms with E-state index in [2.05, 4.69) is 17.4 Å². The van der Waals surface area contributed by atoms with E-state index in [0.717, 1.165) is 12.8 Å². The van der Waals surface area contributed by atoms with Gasteiger partial charge in [0.2, 0.25) is 5.91 Å². The SMILES string of the molecule is COCC(N)C(=O)NC(C)(C)CCc1ccccc1. The molecule has 0 bridgehead atoms. The Morgan fingerprint density at radius 3 is 2.58 bits per heavy atom. The zero-order valence-electron chi connectivity index (χ0n) is 12.0. The third kappa shape index (κ3) is 5.85. The van der Waals surface area contributed by atoms with Gasteiger partial charge < -0.3 is 15.8 Å². The van der Waals surface area contributed by atoms with Crippen LogP contribution in [0.2, 0.25) is 0 Å². The maximum Gasteiger partial charge on any atom is 0.239 e. The van der Waals surface area contributed by atoms with Crippen molar-refractivity contribution in [2.45, 2.75) is 38.3 Å². The monoisotopic (exact) mass is 264 g/mol. The van der Waals surface area contributed by atoms with E-state index in [1.807, 2.05) is 32.0 Å². The van der Waals surface area contributed by atoms with Gasteiger partial charge in [-0.05, 0) is 32.3 Å². The first-order valence-electron chi connectivity index (χ1n) is 6.55. The van der Waals surface area contributed by atoms with E-state index >= 15 is 0 Å². The first kappa shape index (κ1) is 15.7. The van der Waals surface area contributed by atoms with Gasteiger partial charge in [-0.3, -0.25) is 4.79 Å². The molecule has 0 heterocycles. The average Bonchev–Trinajstić information content (AvgIpc) is 2.37. The van der Waals surface area contributed by atoms with E-state index < -0.39 is 6.04 Å². The van der Waals surface area contributed by atoms with Crippen LogP contribution < -0.4 is 11.1 Å². The molecule has 1 aromatic rings. The zero-order valence-corrected chi connectivity index (χ0v) is 12.0. The molecule has 1 amide bonds. The van der Waals surface area contributed by atoms with Crippen molar-refractivity contribution >= 4 is 5.91 Å². The minimum Gasteiger partial charge on any atom is -0.383 e. The number of hydrogen-bond acceptors (Lipinski definition) is 3. The molecule has 1 aromatic carbocycles. The number of rotatable bonds is 7. The Balaban J connectivity index is 2.45. The lowest BCUT2D eigenvalue weighted by Gasteiger charge is -2.28. The fourth-order valence-electron chi connectivity index (χ4n) is 1.85. The van der Waals surface area contributed by atoms with Crippen LogP contribution in [-0.2, 0) is 16.0 Å². The van der Waals surface area contributed by atoms with E-state index in [0.29, 0.717) is 0 Å². The van der Waals surface area contributed by atoms with E-state index in [9.17, 15) is 4.79 Å². The van der Waals surface area contributed by atoms with Crippen molar-refractivity contribution in [3.05, 3.63) is 35.9 Å². The van der Waals surface area contributed by atoms with Gasteiger partial charge in [0, 0.05) is 12.6 Å². The fourth-order valence-corrected chi connectivity index (χ4v) is 1.85. The van der Waals surface area contributed by atoms with Crippen molar-refractivity contribution in [1.82, 2.24) is 5.32 Å². The number of nitrogens with one attached hydrogen (secondary N) is 1. The molecule has 0 aliphatic rings. The van der Waals surface area contributed by atoms with Crippen LogP contribution in [0.5, 0.6) is 0 Å². The lowest BCUT2D eigenvalue weighted by Crippen LogP contribution is -2.52. The predicted molar refractivity (Wildman–Crippen MR) is 76.8 cm³/mol. The van der Waals surface area contributed by atoms with Crippen LogP contribution >= 0.6 is 0 Å². The zero-order chi connectivity index (χ0) is 14.3. The van der Waals surface area contributed by atoms with E-state index in [1.165, 1.54) is 12.7 Å². The van der Waals surface area contributed by atoms with Gasteiger partial charge in [-0.2, -0.15) is 0 Å². The number of aryl methyl sites for hydroxylation is 1. The second-order valence-electron chi connectivity index (χ2n) is 5.42. The quantitative estimate of drug-likeness (QED) is 0.784. The highest BCUT2D eigenvalue weighted by atomic mass is 16.5. The number of nitrogens with two attached hydrogens (primary N) is 1. The van der Waals surface area contributed by atoms with Crippen LogP contribution in [0.25, 0.3) is 0 Å². The normalized spacial score (nSPS) is 13.1. The summed E-state index contributed by atoms with van der Waals surface area (Å²) in [6.07, 6.45) is 1.79. The Kier molecular flexibility index (Phi) is 5.99. The third-order valence-electron chi connectivity index (χ3n) is 3.03. The molecule has 4 nitrogen and oxygen atoms in total. The summed E-state index contributed by atoms with van der Waals surface area (Å²) in [6, 6.07) is 9.62. The smallest absolute Gasteiger partial charge is 0.239 e. The van der Waals surface area contributed by atoms with Crippen molar-refractivity contribution in [1.29, 1.82) is 0 Å². The van der Waals surface area contributed by atoms with Crippen LogP contribution in [0.3, 0.4) is 0 Å². The van der Waals surface area contributed by atoms with Gasteiger partial charge in [0.05, 0.1) is 6.61 Å². The Morgan fingerprint density at radius 1 is 1.37 bits per heavy atom. The molecule has 0 aromatic heterocycles. The minimum absolute atomic E-state index is 0.167. The van der Waals surface area contributed by atoms with Gasteiger partial charge >= 0.3 is 0 Å². The molecule has 0 saturated carbocycles. The molecule has 0 aliphatic heterocycles. The molecule has 19 heavy (non-hydrogen) atoms. The Bertz CT molecular complexity index is 390. The molecule has 106 valence electrons. The third-order valence-corrected chi connectivity index (χ3v) is 3.03. The second-order valence-corrected chi connectivity index (χ2v) is 5.42. The molecule has 0 spiro atoms. The summed E-state index contributed by atoms with van der Waals surface area (Å²) < 4.78 is 4.88. The molecular formula is C15H24N2O2. The van der Waals surface area contributed by atoms with Crippen molar-refractivity contribution in [2.24, 2.45) is 5.73 Å². The van der Waals surface area contributed by atoms with Crippen LogP contribution in [0.1, 0.15) is 25.8 Å². The molecule has 0 fully saturated rings. The van der Waals surface area contributed by atoms with E-state index in [4.69, 9.17) is 10.5 Å². The fraction of sp³-hybridized carbons (Fsp3) is 0.533. The summed E-state index contributed by atoms with van der Waals surface area (Å²) in [5, 5.41) is 2.97. The number of hydrogen-bond donors (Lipinski definition) is 2. The number of carbonyl (C=O) groups excluding carboxylic acids is 1. The van der Waals surface area contributed by atoms with Crippen molar-refractivity contribution < 1.29 is 9.53 Å². The van der Waals surface area contributed by atoms with Crippen LogP contribution in [0.15, 0.2) is 30.3 Å². The number of benzene rings is 1. The van der Waals surface area contributed by atoms with Gasteiger partial charge in [0.25, 0.3) is 0 Å². The number of amides is 1. The number of methoxy groups -OCH3 is 1. The molecular weight excluding hydrogens is 240 g/mol. The highest BCUT2D eigenvalue weighted by Gasteiger charge is 2.23. The first-order valence-corrected chi connectivity index (χ1v) is 6.55. The maximum absolute atomic E-state index is 11.8. The average molecular weight is 264 g/mol. The molecule has 3 N–H and O–H groups in total. The second kappa shape index (κ2) is 7.26. The summed E-state index contributed by atoms with van der Waals surface area (Å²) in [7, 11) is 1.54. The van der Waals surface area contributed by atoms with Crippen molar-refractivity contribution in [2.75, 3.05) is 13.7 Å². The minimum atomic E-state index is -0.610. The van der Waals surface area contributed by atoms with Crippen LogP contribution in [0, 0.1) is 0 Å². The highest BCUT2D eigenvalue weighted by molar-refractivity contribution is 5.82. The lowest BCUT2D eigenvalue weighted by atomic mass is 9.95. The Hall–Kier alpha value is -1.39. The topological polar surface area (TPSA) is 64.3 Å². The predicted octanol–water partition coefficient (Wildman–Crippen LogP) is 1.49. The first-order chi connectivity index (χ1) is 8.94. The van der Waals surface area contributed by atoms with Gasteiger partial charge in [0.1, 0.15) is 6.04 Å². The number of ether oxygens (including phenoxy) is 1. The highest BCUT2D eigenvalue weighted by Crippen LogP contribution is 2.13. The van der Waals surface area contributed by atoms with E-state index in [1.54, 1.807) is 0 Å². The molecule has 0 radical (unpaired) electrons. The molecule has 1 unspecified atom stereocenters. The summed E-state index contributed by atoms with van der Waals surface area (Å²) in [5.74, 6) is -0.167. The largest absolute Gasteiger partial charge is 0.383 e. The van der Waals surface area contributed by atoms with Gasteiger partial charge in [0.15, 0.2) is 0 Å². The summed E-state index contributed by atoms with van der Waals surface area (Å²) >= 11 is 0. The van der Waals surface area contributed by atoms with Crippen LogP contribution in [-0.4, -0.2) is 31.2 Å². The van der Waals surface area contributed by atoms with Gasteiger partial charge in [-0.1, -0.05) is 30.3 Å². The van der Waals surface area contributed by atoms with Gasteiger partial charge in [-0.25, -0.2) is 0 Å². The standard InChI is InChI=1S/C15H24N2O2/c1-15(2,17-14(18)13(16)11-19-3)10-9-12-7-5-4-6-8-12/h4-8,13H,9-11,16H2,1-3H3,(H,17,18). The maximum atomic E-state index is 11.8. The van der Waals surface area contributed by atoms with Crippen molar-refractivity contribution in [3.8, 4) is 0 Å². The molecule has 4 heteroatoms. The van der Waals surface area contributed by atoms with Crippen molar-refractivity contribution in [3.63, 3.8) is 0 Å².